The van der Waals surface area contributed by atoms with Crippen LogP contribution in [0.2, 0.25) is 0 Å². The number of alkyl carbamates (subject to hydrolysis) is 1. The highest BCUT2D eigenvalue weighted by Crippen LogP contribution is 2.39. The van der Waals surface area contributed by atoms with Crippen LogP contribution in [0.1, 0.15) is 49.3 Å². The number of halogens is 1. The Balaban J connectivity index is 1.78. The lowest BCUT2D eigenvalue weighted by molar-refractivity contribution is 0.107. The van der Waals surface area contributed by atoms with Gasteiger partial charge in [-0.1, -0.05) is 5.16 Å². The highest BCUT2D eigenvalue weighted by atomic mass is 79.9. The van der Waals surface area contributed by atoms with E-state index >= 15 is 0 Å². The highest BCUT2D eigenvalue weighted by molar-refractivity contribution is 9.10. The lowest BCUT2D eigenvalue weighted by Crippen LogP contribution is -2.27. The third-order valence-electron chi connectivity index (χ3n) is 5.51. The van der Waals surface area contributed by atoms with Crippen molar-refractivity contribution in [2.45, 2.75) is 58.7 Å². The van der Waals surface area contributed by atoms with Gasteiger partial charge in [0.05, 0.1) is 11.2 Å². The number of aromatic nitrogens is 3. The first-order valence-electron chi connectivity index (χ1n) is 10.5. The van der Waals surface area contributed by atoms with Gasteiger partial charge < -0.3 is 19.3 Å². The Hall–Kier alpha value is -2.39. The molecule has 1 saturated carbocycles. The van der Waals surface area contributed by atoms with Gasteiger partial charge in [-0.2, -0.15) is 5.10 Å². The number of nitrogens with one attached hydrogen (secondary N) is 1. The Bertz CT molecular complexity index is 1080. The Morgan fingerprint density at radius 3 is 2.81 bits per heavy atom. The summed E-state index contributed by atoms with van der Waals surface area (Å²) in [5.41, 5.74) is 4.52. The third kappa shape index (κ3) is 4.62. The minimum Gasteiger partial charge on any atom is -0.442 e. The maximum absolute atomic E-state index is 12.2. The second kappa shape index (κ2) is 9.00. The van der Waals surface area contributed by atoms with E-state index in [1.54, 1.807) is 7.11 Å². The van der Waals surface area contributed by atoms with Gasteiger partial charge in [0.25, 0.3) is 0 Å². The number of hydrogen-bond donors (Lipinski definition) is 1. The molecule has 4 rings (SSSR count). The fourth-order valence-electron chi connectivity index (χ4n) is 3.76. The Morgan fingerprint density at radius 1 is 1.39 bits per heavy atom. The maximum atomic E-state index is 12.2. The largest absolute Gasteiger partial charge is 0.442 e. The molecule has 1 aliphatic carbocycles. The van der Waals surface area contributed by atoms with Crippen molar-refractivity contribution in [1.29, 1.82) is 0 Å². The van der Waals surface area contributed by atoms with E-state index in [1.165, 1.54) is 0 Å². The molecule has 9 heteroatoms. The topological polar surface area (TPSA) is 91.4 Å². The standard InChI is InChI=1S/C22H27BrN4O4/c1-12-19(14(3)31-26-12)17-10-15(13(2)30-22(28)24-16-6-7-16)11-18-20(17)21(23)25-27(18)8-5-9-29-4/h10-11,13,16H,5-9H2,1-4H3,(H,24,28). The molecule has 2 aromatic heterocycles. The number of nitrogens with zero attached hydrogens (tertiary/aromatic N) is 3. The van der Waals surface area contributed by atoms with Crippen LogP contribution in [-0.4, -0.2) is 40.8 Å². The molecule has 1 unspecified atom stereocenters. The molecule has 1 fully saturated rings. The van der Waals surface area contributed by atoms with Gasteiger partial charge in [-0.3, -0.25) is 4.68 Å². The summed E-state index contributed by atoms with van der Waals surface area (Å²) in [6.45, 7) is 7.05. The monoisotopic (exact) mass is 490 g/mol. The molecular formula is C22H27BrN4O4. The summed E-state index contributed by atoms with van der Waals surface area (Å²) in [5, 5.41) is 12.7. The van der Waals surface area contributed by atoms with E-state index in [1.807, 2.05) is 37.6 Å². The van der Waals surface area contributed by atoms with Crippen LogP contribution in [0.3, 0.4) is 0 Å². The first-order chi connectivity index (χ1) is 14.9. The van der Waals surface area contributed by atoms with Crippen LogP contribution in [0.15, 0.2) is 21.3 Å². The zero-order valence-corrected chi connectivity index (χ0v) is 19.8. The molecule has 2 heterocycles. The van der Waals surface area contributed by atoms with E-state index in [-0.39, 0.29) is 12.1 Å². The number of fused-ring (bicyclic) bond motifs is 1. The Morgan fingerprint density at radius 2 is 2.16 bits per heavy atom. The van der Waals surface area contributed by atoms with Gasteiger partial charge in [-0.15, -0.1) is 0 Å². The average molecular weight is 491 g/mol. The number of carbonyl (C=O) groups excluding carboxylic acids is 1. The molecule has 166 valence electrons. The van der Waals surface area contributed by atoms with Crippen molar-refractivity contribution in [3.8, 4) is 11.1 Å². The predicted octanol–water partition coefficient (Wildman–Crippen LogP) is 5.06. The highest BCUT2D eigenvalue weighted by Gasteiger charge is 2.26. The number of aryl methyl sites for hydroxylation is 3. The molecule has 1 atom stereocenters. The average Bonchev–Trinajstić information content (AvgIpc) is 3.39. The van der Waals surface area contributed by atoms with Crippen molar-refractivity contribution in [2.24, 2.45) is 0 Å². The number of carbonyl (C=O) groups is 1. The zero-order valence-electron chi connectivity index (χ0n) is 18.2. The van der Waals surface area contributed by atoms with Crippen molar-refractivity contribution in [3.63, 3.8) is 0 Å². The number of rotatable bonds is 8. The quantitative estimate of drug-likeness (QED) is 0.443. The minimum atomic E-state index is -0.427. The molecular weight excluding hydrogens is 464 g/mol. The van der Waals surface area contributed by atoms with Crippen LogP contribution in [0.25, 0.3) is 22.0 Å². The first kappa shape index (κ1) is 21.8. The second-order valence-corrected chi connectivity index (χ2v) is 8.74. The molecule has 1 amide bonds. The fraction of sp³-hybridized carbons (Fsp3) is 0.500. The molecule has 31 heavy (non-hydrogen) atoms. The summed E-state index contributed by atoms with van der Waals surface area (Å²) in [6, 6.07) is 4.32. The van der Waals surface area contributed by atoms with Crippen molar-refractivity contribution < 1.29 is 18.8 Å². The number of amides is 1. The Kier molecular flexibility index (Phi) is 6.34. The smallest absolute Gasteiger partial charge is 0.407 e. The van der Waals surface area contributed by atoms with Gasteiger partial charge in [0.15, 0.2) is 0 Å². The van der Waals surface area contributed by atoms with Crippen LogP contribution < -0.4 is 5.32 Å². The van der Waals surface area contributed by atoms with Gasteiger partial charge in [0.1, 0.15) is 16.5 Å². The molecule has 3 aromatic rings. The Labute approximate surface area is 189 Å². The van der Waals surface area contributed by atoms with Crippen molar-refractivity contribution in [3.05, 3.63) is 33.8 Å². The molecule has 0 spiro atoms. The van der Waals surface area contributed by atoms with Gasteiger partial charge in [-0.25, -0.2) is 4.79 Å². The van der Waals surface area contributed by atoms with Gasteiger partial charge in [0, 0.05) is 37.3 Å². The lowest BCUT2D eigenvalue weighted by Gasteiger charge is -2.16. The number of benzene rings is 1. The molecule has 0 saturated heterocycles. The summed E-state index contributed by atoms with van der Waals surface area (Å²) in [4.78, 5) is 12.2. The molecule has 1 aliphatic rings. The van der Waals surface area contributed by atoms with Crippen molar-refractivity contribution >= 4 is 32.9 Å². The minimum absolute atomic E-state index is 0.248. The van der Waals surface area contributed by atoms with E-state index in [0.29, 0.717) is 13.2 Å². The van der Waals surface area contributed by atoms with E-state index in [0.717, 1.165) is 62.9 Å². The van der Waals surface area contributed by atoms with Gasteiger partial charge >= 0.3 is 6.09 Å². The van der Waals surface area contributed by atoms with E-state index < -0.39 is 6.10 Å². The van der Waals surface area contributed by atoms with Crippen LogP contribution in [0.4, 0.5) is 4.79 Å². The molecule has 0 aliphatic heterocycles. The first-order valence-corrected chi connectivity index (χ1v) is 11.3. The predicted molar refractivity (Wildman–Crippen MR) is 120 cm³/mol. The number of methoxy groups -OCH3 is 1. The van der Waals surface area contributed by atoms with E-state index in [4.69, 9.17) is 19.1 Å². The van der Waals surface area contributed by atoms with Gasteiger partial charge in [-0.05, 0) is 79.2 Å². The maximum Gasteiger partial charge on any atom is 0.407 e. The number of hydrogen-bond acceptors (Lipinski definition) is 6. The summed E-state index contributed by atoms with van der Waals surface area (Å²) in [6.07, 6.45) is 2.05. The summed E-state index contributed by atoms with van der Waals surface area (Å²) in [5.74, 6) is 0.732. The molecule has 0 radical (unpaired) electrons. The summed E-state index contributed by atoms with van der Waals surface area (Å²) >= 11 is 3.64. The normalized spacial score (nSPS) is 14.7. The van der Waals surface area contributed by atoms with Crippen LogP contribution in [-0.2, 0) is 16.0 Å². The lowest BCUT2D eigenvalue weighted by atomic mass is 9.96. The van der Waals surface area contributed by atoms with Gasteiger partial charge in [0.2, 0.25) is 0 Å². The van der Waals surface area contributed by atoms with E-state index in [2.05, 4.69) is 26.4 Å². The second-order valence-electron chi connectivity index (χ2n) is 7.99. The molecule has 1 aromatic carbocycles. The fourth-order valence-corrected chi connectivity index (χ4v) is 4.37. The van der Waals surface area contributed by atoms with Crippen molar-refractivity contribution in [1.82, 2.24) is 20.3 Å². The summed E-state index contributed by atoms with van der Waals surface area (Å²) in [7, 11) is 1.69. The van der Waals surface area contributed by atoms with Crippen LogP contribution in [0, 0.1) is 13.8 Å². The SMILES string of the molecule is COCCCn1nc(Br)c2c(-c3c(C)noc3C)cc(C(C)OC(=O)NC3CC3)cc21. The van der Waals surface area contributed by atoms with Crippen molar-refractivity contribution in [2.75, 3.05) is 13.7 Å². The molecule has 1 N–H and O–H groups in total. The van der Waals surface area contributed by atoms with E-state index in [9.17, 15) is 4.79 Å². The number of ether oxygens (including phenoxy) is 2. The molecule has 8 nitrogen and oxygen atoms in total. The summed E-state index contributed by atoms with van der Waals surface area (Å²) < 4.78 is 19.0. The zero-order chi connectivity index (χ0) is 22.1. The van der Waals surface area contributed by atoms with Crippen LogP contribution >= 0.6 is 15.9 Å². The third-order valence-corrected chi connectivity index (χ3v) is 6.06. The van der Waals surface area contributed by atoms with Crippen LogP contribution in [0.5, 0.6) is 0 Å². The molecule has 0 bridgehead atoms.